The second kappa shape index (κ2) is 15.8. The van der Waals surface area contributed by atoms with Gasteiger partial charge in [0.05, 0.1) is 25.7 Å². The van der Waals surface area contributed by atoms with Gasteiger partial charge >= 0.3 is 0 Å². The molecule has 0 spiro atoms. The Morgan fingerprint density at radius 3 is 2.57 bits per heavy atom. The minimum atomic E-state index is -1.24. The standard InChI is InChI=1S/C19H36N3O3PS2/c1-16(2)22(17(3)4)26(24-13-7-11-20)25-14-12-21-19(23)9-6-5-8-18-10-15-27-28-18/h16-18H,5-10,12-15H2,1-4H3,(H,21,23). The molecule has 28 heavy (non-hydrogen) atoms. The van der Waals surface area contributed by atoms with Crippen LogP contribution in [-0.4, -0.2) is 53.4 Å². The lowest BCUT2D eigenvalue weighted by Gasteiger charge is -2.35. The molecule has 9 heteroatoms. The molecule has 1 saturated heterocycles. The van der Waals surface area contributed by atoms with E-state index in [2.05, 4.69) is 43.8 Å². The number of unbranched alkanes of at least 4 members (excludes halogenated alkanes) is 1. The van der Waals surface area contributed by atoms with Gasteiger partial charge in [-0.05, 0) is 47.0 Å². The van der Waals surface area contributed by atoms with E-state index in [1.807, 2.05) is 21.6 Å². The predicted molar refractivity (Wildman–Crippen MR) is 121 cm³/mol. The molecule has 2 atom stereocenters. The second-order valence-electron chi connectivity index (χ2n) is 7.30. The molecule has 0 aliphatic carbocycles. The molecule has 1 N–H and O–H groups in total. The first-order valence-corrected chi connectivity index (χ1v) is 13.7. The van der Waals surface area contributed by atoms with Crippen molar-refractivity contribution in [1.29, 1.82) is 5.26 Å². The first kappa shape index (κ1) is 26.0. The number of rotatable bonds is 15. The van der Waals surface area contributed by atoms with Crippen LogP contribution in [-0.2, 0) is 13.8 Å². The number of hydrogen-bond acceptors (Lipinski definition) is 7. The summed E-state index contributed by atoms with van der Waals surface area (Å²) in [5, 5.41) is 12.5. The van der Waals surface area contributed by atoms with Crippen molar-refractivity contribution in [3.05, 3.63) is 0 Å². The first-order valence-electron chi connectivity index (χ1n) is 10.2. The molecule has 0 aromatic rings. The number of nitrogens with one attached hydrogen (secondary N) is 1. The molecule has 162 valence electrons. The summed E-state index contributed by atoms with van der Waals surface area (Å²) in [5.74, 6) is 1.36. The Kier molecular flexibility index (Phi) is 14.6. The minimum Gasteiger partial charge on any atom is -0.354 e. The Hall–Kier alpha value is -0.0300. The lowest BCUT2D eigenvalue weighted by molar-refractivity contribution is -0.121. The van der Waals surface area contributed by atoms with Crippen molar-refractivity contribution in [3.8, 4) is 6.07 Å². The molecule has 0 aromatic heterocycles. The summed E-state index contributed by atoms with van der Waals surface area (Å²) in [5.41, 5.74) is 0. The van der Waals surface area contributed by atoms with Gasteiger partial charge in [-0.25, -0.2) is 4.67 Å². The largest absolute Gasteiger partial charge is 0.354 e. The molecule has 0 radical (unpaired) electrons. The fourth-order valence-electron chi connectivity index (χ4n) is 2.94. The maximum Gasteiger partial charge on any atom is 0.259 e. The SMILES string of the molecule is CC(C)N(C(C)C)P(OCCC#N)OCCNC(=O)CCCCC1CCSS1. The van der Waals surface area contributed by atoms with E-state index in [0.29, 0.717) is 32.6 Å². The number of amides is 1. The molecular formula is C19H36N3O3PS2. The van der Waals surface area contributed by atoms with Gasteiger partial charge in [-0.1, -0.05) is 28.0 Å². The number of nitriles is 1. The van der Waals surface area contributed by atoms with Gasteiger partial charge in [0.25, 0.3) is 8.53 Å². The molecule has 1 heterocycles. The summed E-state index contributed by atoms with van der Waals surface area (Å²) in [6, 6.07) is 2.65. The predicted octanol–water partition coefficient (Wildman–Crippen LogP) is 5.11. The van der Waals surface area contributed by atoms with E-state index in [1.54, 1.807) is 0 Å². The fraction of sp³-hybridized carbons (Fsp3) is 0.895. The maximum absolute atomic E-state index is 12.0. The average molecular weight is 450 g/mol. The monoisotopic (exact) mass is 449 g/mol. The van der Waals surface area contributed by atoms with Crippen LogP contribution in [0, 0.1) is 11.3 Å². The van der Waals surface area contributed by atoms with E-state index in [9.17, 15) is 4.79 Å². The summed E-state index contributed by atoms with van der Waals surface area (Å²) in [6.07, 6.45) is 5.54. The summed E-state index contributed by atoms with van der Waals surface area (Å²) in [7, 11) is 2.73. The third-order valence-corrected chi connectivity index (χ3v) is 9.31. The van der Waals surface area contributed by atoms with Gasteiger partial charge in [0, 0.05) is 36.1 Å². The Morgan fingerprint density at radius 1 is 1.25 bits per heavy atom. The maximum atomic E-state index is 12.0. The van der Waals surface area contributed by atoms with Crippen LogP contribution in [0.3, 0.4) is 0 Å². The molecule has 1 aliphatic rings. The van der Waals surface area contributed by atoms with Crippen LogP contribution in [0.2, 0.25) is 0 Å². The molecule has 0 aromatic carbocycles. The van der Waals surface area contributed by atoms with Crippen molar-refractivity contribution in [2.45, 2.75) is 83.6 Å². The van der Waals surface area contributed by atoms with Crippen molar-refractivity contribution >= 4 is 36.0 Å². The second-order valence-corrected chi connectivity index (χ2v) is 11.5. The highest BCUT2D eigenvalue weighted by Crippen LogP contribution is 2.45. The van der Waals surface area contributed by atoms with Crippen molar-refractivity contribution in [2.75, 3.05) is 25.5 Å². The summed E-state index contributed by atoms with van der Waals surface area (Å²) in [6.45, 7) is 9.69. The molecule has 1 fully saturated rings. The Labute approximate surface area is 180 Å². The molecular weight excluding hydrogens is 413 g/mol. The molecule has 0 saturated carbocycles. The Balaban J connectivity index is 2.23. The summed E-state index contributed by atoms with van der Waals surface area (Å²) < 4.78 is 14.0. The number of hydrogen-bond donors (Lipinski definition) is 1. The molecule has 1 aliphatic heterocycles. The smallest absolute Gasteiger partial charge is 0.259 e. The summed E-state index contributed by atoms with van der Waals surface area (Å²) in [4.78, 5) is 12.0. The molecule has 1 amide bonds. The fourth-order valence-corrected chi connectivity index (χ4v) is 7.56. The molecule has 1 rings (SSSR count). The first-order chi connectivity index (χ1) is 13.5. The highest BCUT2D eigenvalue weighted by molar-refractivity contribution is 8.77. The Morgan fingerprint density at radius 2 is 1.96 bits per heavy atom. The highest BCUT2D eigenvalue weighted by Gasteiger charge is 2.27. The van der Waals surface area contributed by atoms with Gasteiger partial charge in [0.15, 0.2) is 0 Å². The van der Waals surface area contributed by atoms with E-state index in [0.717, 1.165) is 18.1 Å². The zero-order valence-corrected chi connectivity index (χ0v) is 20.2. The van der Waals surface area contributed by atoms with E-state index in [4.69, 9.17) is 14.3 Å². The topological polar surface area (TPSA) is 74.6 Å². The van der Waals surface area contributed by atoms with Crippen LogP contribution in [0.15, 0.2) is 0 Å². The van der Waals surface area contributed by atoms with E-state index in [1.165, 1.54) is 18.6 Å². The van der Waals surface area contributed by atoms with Crippen LogP contribution in [0.5, 0.6) is 0 Å². The molecule has 0 bridgehead atoms. The van der Waals surface area contributed by atoms with Gasteiger partial charge < -0.3 is 14.4 Å². The summed E-state index contributed by atoms with van der Waals surface area (Å²) >= 11 is 0. The van der Waals surface area contributed by atoms with Gasteiger partial charge in [0.2, 0.25) is 5.91 Å². The van der Waals surface area contributed by atoms with Crippen LogP contribution in [0.4, 0.5) is 0 Å². The third-order valence-electron chi connectivity index (χ3n) is 4.20. The quantitative estimate of drug-likeness (QED) is 0.211. The van der Waals surface area contributed by atoms with Crippen LogP contribution < -0.4 is 5.32 Å². The van der Waals surface area contributed by atoms with Crippen LogP contribution >= 0.6 is 30.1 Å². The van der Waals surface area contributed by atoms with Gasteiger partial charge in [-0.2, -0.15) is 5.26 Å². The van der Waals surface area contributed by atoms with Crippen molar-refractivity contribution < 1.29 is 13.8 Å². The zero-order chi connectivity index (χ0) is 20.8. The van der Waals surface area contributed by atoms with Gasteiger partial charge in [-0.15, -0.1) is 0 Å². The van der Waals surface area contributed by atoms with Crippen molar-refractivity contribution in [2.24, 2.45) is 0 Å². The van der Waals surface area contributed by atoms with E-state index >= 15 is 0 Å². The molecule has 2 unspecified atom stereocenters. The van der Waals surface area contributed by atoms with Gasteiger partial charge in [0.1, 0.15) is 0 Å². The van der Waals surface area contributed by atoms with Gasteiger partial charge in [-0.3, -0.25) is 4.79 Å². The minimum absolute atomic E-state index is 0.0938. The molecule has 6 nitrogen and oxygen atoms in total. The van der Waals surface area contributed by atoms with Crippen LogP contribution in [0.25, 0.3) is 0 Å². The van der Waals surface area contributed by atoms with Crippen molar-refractivity contribution in [1.82, 2.24) is 9.99 Å². The Bertz CT molecular complexity index is 464. The van der Waals surface area contributed by atoms with Crippen LogP contribution in [0.1, 0.15) is 66.2 Å². The third kappa shape index (κ3) is 11.2. The number of nitrogens with zero attached hydrogens (tertiary/aromatic N) is 2. The normalized spacial score (nSPS) is 18.0. The number of carbonyl (C=O) groups excluding carboxylic acids is 1. The lowest BCUT2D eigenvalue weighted by Crippen LogP contribution is -2.34. The van der Waals surface area contributed by atoms with Crippen molar-refractivity contribution in [3.63, 3.8) is 0 Å². The van der Waals surface area contributed by atoms with E-state index in [-0.39, 0.29) is 18.0 Å². The zero-order valence-electron chi connectivity index (χ0n) is 17.7. The van der Waals surface area contributed by atoms with E-state index < -0.39 is 8.53 Å². The average Bonchev–Trinajstić information content (AvgIpc) is 3.15. The highest BCUT2D eigenvalue weighted by atomic mass is 33.1. The lowest BCUT2D eigenvalue weighted by atomic mass is 10.1. The number of carbonyl (C=O) groups is 1.